The van der Waals surface area contributed by atoms with Gasteiger partial charge in [-0.05, 0) is 5.30 Å². The molecule has 1 rings (SSSR count). The molecule has 0 aliphatic rings. The standard InChI is InChI=1S/C6H7P.Cl2O/c7-6-4-2-1-3-5-6;1-3-2/h1-5H,7H2;. The van der Waals surface area contributed by atoms with Gasteiger partial charge in [-0.25, -0.2) is 0 Å². The second kappa shape index (κ2) is 7.30. The van der Waals surface area contributed by atoms with E-state index in [4.69, 9.17) is 0 Å². The third-order valence-electron chi connectivity index (χ3n) is 0.800. The summed E-state index contributed by atoms with van der Waals surface area (Å²) >= 11 is 8.53. The molecule has 1 nitrogen and oxygen atoms in total. The van der Waals surface area contributed by atoms with Gasteiger partial charge in [0.05, 0.1) is 23.7 Å². The molecule has 0 aliphatic heterocycles. The van der Waals surface area contributed by atoms with Gasteiger partial charge in [-0.3, -0.25) is 0 Å². The Hall–Kier alpha value is 0.190. The molecule has 0 saturated carbocycles. The maximum Gasteiger partial charge on any atom is 0.0832 e. The Bertz CT molecular complexity index is 157. The molecule has 1 aromatic rings. The van der Waals surface area contributed by atoms with Gasteiger partial charge in [-0.1, -0.05) is 30.3 Å². The summed E-state index contributed by atoms with van der Waals surface area (Å²) in [5.41, 5.74) is 0. The van der Waals surface area contributed by atoms with E-state index in [1.54, 1.807) is 0 Å². The fourth-order valence-corrected chi connectivity index (χ4v) is 0.675. The normalized spacial score (nSPS) is 7.90. The van der Waals surface area contributed by atoms with E-state index in [-0.39, 0.29) is 0 Å². The molecular weight excluding hydrogens is 190 g/mol. The third-order valence-corrected chi connectivity index (χ3v) is 1.18. The molecule has 0 aliphatic carbocycles. The van der Waals surface area contributed by atoms with Crippen LogP contribution in [0.15, 0.2) is 30.3 Å². The molecule has 0 N–H and O–H groups in total. The Morgan fingerprint density at radius 1 is 1.10 bits per heavy atom. The first-order valence-corrected chi connectivity index (χ1v) is 3.70. The van der Waals surface area contributed by atoms with E-state index in [2.05, 4.69) is 36.8 Å². The van der Waals surface area contributed by atoms with E-state index in [1.807, 2.05) is 30.3 Å². The zero-order valence-electron chi connectivity index (χ0n) is 5.13. The largest absolute Gasteiger partial charge is 0.166 e. The molecule has 0 saturated heterocycles. The molecule has 1 atom stereocenters. The van der Waals surface area contributed by atoms with Gasteiger partial charge in [0.1, 0.15) is 0 Å². The average molecular weight is 197 g/mol. The fourth-order valence-electron chi connectivity index (χ4n) is 0.453. The summed E-state index contributed by atoms with van der Waals surface area (Å²) in [6.45, 7) is 0. The average Bonchev–Trinajstić information content (AvgIpc) is 1.91. The van der Waals surface area contributed by atoms with Crippen molar-refractivity contribution in [2.24, 2.45) is 0 Å². The van der Waals surface area contributed by atoms with E-state index in [1.165, 1.54) is 5.30 Å². The Labute approximate surface area is 72.8 Å². The minimum absolute atomic E-state index is 1.24. The minimum atomic E-state index is 1.24. The van der Waals surface area contributed by atoms with Crippen LogP contribution in [-0.2, 0) is 3.84 Å². The first kappa shape index (κ1) is 10.2. The number of hydrogen-bond donors (Lipinski definition) is 0. The van der Waals surface area contributed by atoms with Crippen LogP contribution in [-0.4, -0.2) is 0 Å². The second-order valence-corrected chi connectivity index (χ2v) is 2.60. The predicted molar refractivity (Wildman–Crippen MR) is 48.6 cm³/mol. The molecule has 0 amide bonds. The van der Waals surface area contributed by atoms with Crippen LogP contribution in [0.5, 0.6) is 0 Å². The number of hydrogen-bond acceptors (Lipinski definition) is 1. The van der Waals surface area contributed by atoms with Crippen LogP contribution in [0, 0.1) is 0 Å². The number of halogens is 2. The summed E-state index contributed by atoms with van der Waals surface area (Å²) in [5, 5.41) is 1.24. The van der Waals surface area contributed by atoms with Crippen molar-refractivity contribution < 1.29 is 3.84 Å². The molecule has 10 heavy (non-hydrogen) atoms. The summed E-state index contributed by atoms with van der Waals surface area (Å²) in [5.74, 6) is 0. The molecule has 0 aromatic heterocycles. The molecule has 0 heterocycles. The van der Waals surface area contributed by atoms with E-state index in [9.17, 15) is 0 Å². The second-order valence-electron chi connectivity index (χ2n) is 1.47. The number of rotatable bonds is 0. The molecule has 56 valence electrons. The van der Waals surface area contributed by atoms with Crippen molar-refractivity contribution >= 4 is 38.3 Å². The lowest BCUT2D eigenvalue weighted by Crippen LogP contribution is -1.82. The maximum atomic E-state index is 4.26. The van der Waals surface area contributed by atoms with Crippen LogP contribution in [0.4, 0.5) is 0 Å². The van der Waals surface area contributed by atoms with Crippen molar-refractivity contribution in [3.63, 3.8) is 0 Å². The summed E-state index contributed by atoms with van der Waals surface area (Å²) < 4.78 is 3.19. The van der Waals surface area contributed by atoms with Gasteiger partial charge in [0.2, 0.25) is 0 Å². The van der Waals surface area contributed by atoms with Crippen molar-refractivity contribution in [2.75, 3.05) is 0 Å². The van der Waals surface area contributed by atoms with E-state index in [0.29, 0.717) is 0 Å². The van der Waals surface area contributed by atoms with Gasteiger partial charge in [0.15, 0.2) is 0 Å². The Morgan fingerprint density at radius 2 is 1.50 bits per heavy atom. The maximum absolute atomic E-state index is 4.26. The highest BCUT2D eigenvalue weighted by molar-refractivity contribution is 7.27. The Balaban J connectivity index is 0.000000236. The van der Waals surface area contributed by atoms with Crippen molar-refractivity contribution in [1.29, 1.82) is 0 Å². The van der Waals surface area contributed by atoms with Gasteiger partial charge in [-0.15, -0.1) is 9.24 Å². The summed E-state index contributed by atoms with van der Waals surface area (Å²) in [6.07, 6.45) is 0. The Kier molecular flexibility index (Phi) is 7.44. The van der Waals surface area contributed by atoms with E-state index < -0.39 is 0 Å². The minimum Gasteiger partial charge on any atom is -0.166 e. The van der Waals surface area contributed by atoms with Crippen molar-refractivity contribution in [3.05, 3.63) is 30.3 Å². The zero-order chi connectivity index (χ0) is 7.82. The van der Waals surface area contributed by atoms with E-state index in [0.717, 1.165) is 0 Å². The quantitative estimate of drug-likeness (QED) is 0.580. The van der Waals surface area contributed by atoms with Crippen molar-refractivity contribution in [2.45, 2.75) is 0 Å². The van der Waals surface area contributed by atoms with Gasteiger partial charge in [0, 0.05) is 0 Å². The van der Waals surface area contributed by atoms with Crippen molar-refractivity contribution in [3.8, 4) is 0 Å². The highest BCUT2D eigenvalue weighted by Crippen LogP contribution is 1.86. The van der Waals surface area contributed by atoms with Gasteiger partial charge in [0.25, 0.3) is 0 Å². The third kappa shape index (κ3) is 6.31. The lowest BCUT2D eigenvalue weighted by Gasteiger charge is -1.82. The summed E-state index contributed by atoms with van der Waals surface area (Å²) in [6, 6.07) is 10.1. The highest BCUT2D eigenvalue weighted by atomic mass is 35.6. The molecule has 1 unspecified atom stereocenters. The zero-order valence-corrected chi connectivity index (χ0v) is 7.79. The van der Waals surface area contributed by atoms with Crippen LogP contribution < -0.4 is 5.30 Å². The van der Waals surface area contributed by atoms with Crippen molar-refractivity contribution in [1.82, 2.24) is 0 Å². The molecule has 1 aromatic carbocycles. The molecular formula is C6H7Cl2OP. The van der Waals surface area contributed by atoms with Gasteiger partial charge < -0.3 is 0 Å². The molecule has 0 spiro atoms. The highest BCUT2D eigenvalue weighted by Gasteiger charge is 1.72. The SMILES string of the molecule is ClOCl.Pc1ccccc1. The first-order chi connectivity index (χ1) is 4.81. The summed E-state index contributed by atoms with van der Waals surface area (Å²) in [4.78, 5) is 0. The van der Waals surface area contributed by atoms with E-state index >= 15 is 0 Å². The van der Waals surface area contributed by atoms with Crippen LogP contribution >= 0.6 is 33.0 Å². The van der Waals surface area contributed by atoms with Gasteiger partial charge in [-0.2, -0.15) is 3.84 Å². The van der Waals surface area contributed by atoms with Crippen LogP contribution in [0.2, 0.25) is 0 Å². The predicted octanol–water partition coefficient (Wildman–Crippen LogP) is 2.50. The first-order valence-electron chi connectivity index (χ1n) is 2.51. The Morgan fingerprint density at radius 3 is 1.70 bits per heavy atom. The van der Waals surface area contributed by atoms with Gasteiger partial charge >= 0.3 is 0 Å². The number of benzene rings is 1. The lowest BCUT2D eigenvalue weighted by atomic mass is 10.4. The molecule has 0 bridgehead atoms. The molecule has 4 heteroatoms. The van der Waals surface area contributed by atoms with Crippen LogP contribution in [0.3, 0.4) is 0 Å². The topological polar surface area (TPSA) is 9.23 Å². The smallest absolute Gasteiger partial charge is 0.0832 e. The fraction of sp³-hybridized carbons (Fsp3) is 0. The lowest BCUT2D eigenvalue weighted by molar-refractivity contribution is 0.697. The summed E-state index contributed by atoms with van der Waals surface area (Å²) in [7, 11) is 2.63. The molecule has 0 fully saturated rings. The molecule has 0 radical (unpaired) electrons. The van der Waals surface area contributed by atoms with Crippen LogP contribution in [0.25, 0.3) is 0 Å². The van der Waals surface area contributed by atoms with Crippen LogP contribution in [0.1, 0.15) is 0 Å². The monoisotopic (exact) mass is 196 g/mol.